The van der Waals surface area contributed by atoms with Crippen LogP contribution in [0.25, 0.3) is 24.3 Å². The minimum atomic E-state index is -0.669. The van der Waals surface area contributed by atoms with Gasteiger partial charge in [0.2, 0.25) is 0 Å². The second-order valence-corrected chi connectivity index (χ2v) is 6.98. The molecule has 0 aliphatic heterocycles. The molecule has 2 N–H and O–H groups in total. The molecular weight excluding hydrogens is 427 g/mol. The number of hydrogen-bond donors (Lipinski definition) is 2. The van der Waals surface area contributed by atoms with Crippen molar-refractivity contribution in [1.29, 1.82) is 0 Å². The van der Waals surface area contributed by atoms with Gasteiger partial charge in [-0.25, -0.2) is 14.0 Å². The highest BCUT2D eigenvalue weighted by atomic mass is 19.1. The van der Waals surface area contributed by atoms with E-state index in [0.717, 1.165) is 0 Å². The fourth-order valence-corrected chi connectivity index (χ4v) is 3.02. The van der Waals surface area contributed by atoms with Crippen LogP contribution in [0.3, 0.4) is 0 Å². The number of benzene rings is 3. The predicted octanol–water partition coefficient (Wildman–Crippen LogP) is 5.15. The maximum Gasteiger partial charge on any atom is 0.341 e. The van der Waals surface area contributed by atoms with E-state index in [2.05, 4.69) is 9.47 Å². The molecule has 0 unspecified atom stereocenters. The predicted molar refractivity (Wildman–Crippen MR) is 123 cm³/mol. The van der Waals surface area contributed by atoms with Crippen molar-refractivity contribution in [2.24, 2.45) is 0 Å². The van der Waals surface area contributed by atoms with Gasteiger partial charge in [0.15, 0.2) is 0 Å². The van der Waals surface area contributed by atoms with E-state index in [1.807, 2.05) is 0 Å². The van der Waals surface area contributed by atoms with Crippen molar-refractivity contribution in [2.45, 2.75) is 0 Å². The smallest absolute Gasteiger partial charge is 0.341 e. The molecule has 0 amide bonds. The number of aromatic hydroxyl groups is 2. The zero-order valence-electron chi connectivity index (χ0n) is 17.9. The average Bonchev–Trinajstić information content (AvgIpc) is 2.82. The third-order valence-electron chi connectivity index (χ3n) is 4.80. The van der Waals surface area contributed by atoms with Gasteiger partial charge in [-0.15, -0.1) is 0 Å². The Hall–Kier alpha value is -4.39. The van der Waals surface area contributed by atoms with Crippen molar-refractivity contribution < 1.29 is 33.7 Å². The molecule has 0 spiro atoms. The summed E-state index contributed by atoms with van der Waals surface area (Å²) in [7, 11) is 2.44. The summed E-state index contributed by atoms with van der Waals surface area (Å²) in [5.74, 6) is -2.17. The SMILES string of the molecule is COC(=O)c1cc(/C=C/c2ccc(/C=C/c3ccc(O)c(C(=O)OC)c3)c(F)c2)ccc1O. The van der Waals surface area contributed by atoms with Gasteiger partial charge in [0.05, 0.1) is 14.2 Å². The summed E-state index contributed by atoms with van der Waals surface area (Å²) in [4.78, 5) is 23.4. The number of methoxy groups -OCH3 is 2. The number of hydrogen-bond acceptors (Lipinski definition) is 6. The van der Waals surface area contributed by atoms with Gasteiger partial charge in [-0.3, -0.25) is 0 Å². The van der Waals surface area contributed by atoms with Gasteiger partial charge in [0.25, 0.3) is 0 Å². The quantitative estimate of drug-likeness (QED) is 0.400. The minimum absolute atomic E-state index is 0.0187. The summed E-state index contributed by atoms with van der Waals surface area (Å²) in [6.45, 7) is 0. The molecular formula is C26H21FO6. The van der Waals surface area contributed by atoms with Crippen LogP contribution in [0.5, 0.6) is 11.5 Å². The lowest BCUT2D eigenvalue weighted by molar-refractivity contribution is 0.0588. The van der Waals surface area contributed by atoms with E-state index < -0.39 is 17.8 Å². The summed E-state index contributed by atoms with van der Waals surface area (Å²) in [5, 5.41) is 19.5. The zero-order valence-corrected chi connectivity index (χ0v) is 17.9. The van der Waals surface area contributed by atoms with Gasteiger partial charge in [-0.2, -0.15) is 0 Å². The fraction of sp³-hybridized carbons (Fsp3) is 0.0769. The highest BCUT2D eigenvalue weighted by Crippen LogP contribution is 2.23. The third-order valence-corrected chi connectivity index (χ3v) is 4.80. The average molecular weight is 448 g/mol. The molecule has 3 rings (SSSR count). The summed E-state index contributed by atoms with van der Waals surface area (Å²) in [5.41, 5.74) is 2.20. The highest BCUT2D eigenvalue weighted by Gasteiger charge is 2.12. The molecule has 0 aliphatic rings. The Labute approximate surface area is 189 Å². The van der Waals surface area contributed by atoms with E-state index in [1.165, 1.54) is 44.6 Å². The van der Waals surface area contributed by atoms with Crippen LogP contribution >= 0.6 is 0 Å². The van der Waals surface area contributed by atoms with Gasteiger partial charge in [0.1, 0.15) is 28.4 Å². The number of esters is 2. The molecule has 0 aromatic heterocycles. The number of halogens is 1. The van der Waals surface area contributed by atoms with E-state index in [0.29, 0.717) is 22.3 Å². The Balaban J connectivity index is 1.78. The molecule has 0 bridgehead atoms. The Morgan fingerprint density at radius 1 is 0.697 bits per heavy atom. The first kappa shape index (κ1) is 23.3. The van der Waals surface area contributed by atoms with E-state index in [9.17, 15) is 24.2 Å². The first-order valence-electron chi connectivity index (χ1n) is 9.80. The summed E-state index contributed by atoms with van der Waals surface area (Å²) in [6, 6.07) is 13.6. The van der Waals surface area contributed by atoms with Crippen molar-refractivity contribution in [3.63, 3.8) is 0 Å². The standard InChI is InChI=1S/C26H21FO6/c1-32-25(30)20-13-16(7-11-23(20)28)3-4-18-6-10-19(22(27)15-18)9-5-17-8-12-24(29)21(14-17)26(31)33-2/h3-15,28-29H,1-2H3/b4-3+,9-5+. The Morgan fingerprint density at radius 2 is 1.12 bits per heavy atom. The van der Waals surface area contributed by atoms with Gasteiger partial charge in [-0.05, 0) is 47.0 Å². The maximum atomic E-state index is 14.6. The molecule has 0 aliphatic carbocycles. The fourth-order valence-electron chi connectivity index (χ4n) is 3.02. The van der Waals surface area contributed by atoms with Crippen LogP contribution in [-0.2, 0) is 9.47 Å². The molecule has 3 aromatic carbocycles. The number of ether oxygens (including phenoxy) is 2. The van der Waals surface area contributed by atoms with E-state index in [4.69, 9.17) is 0 Å². The van der Waals surface area contributed by atoms with Crippen molar-refractivity contribution in [1.82, 2.24) is 0 Å². The maximum absolute atomic E-state index is 14.6. The van der Waals surface area contributed by atoms with Crippen LogP contribution in [0.4, 0.5) is 4.39 Å². The number of carbonyl (C=O) groups excluding carboxylic acids is 2. The van der Waals surface area contributed by atoms with Crippen molar-refractivity contribution in [3.05, 3.63) is 93.8 Å². The lowest BCUT2D eigenvalue weighted by atomic mass is 10.1. The zero-order chi connectivity index (χ0) is 24.0. The van der Waals surface area contributed by atoms with Gasteiger partial charge >= 0.3 is 11.9 Å². The second-order valence-electron chi connectivity index (χ2n) is 6.98. The first-order chi connectivity index (χ1) is 15.8. The molecule has 33 heavy (non-hydrogen) atoms. The van der Waals surface area contributed by atoms with Crippen LogP contribution < -0.4 is 0 Å². The van der Waals surface area contributed by atoms with Gasteiger partial charge in [0, 0.05) is 5.56 Å². The van der Waals surface area contributed by atoms with Crippen LogP contribution in [0.1, 0.15) is 43.0 Å². The number of carbonyl (C=O) groups is 2. The van der Waals surface area contributed by atoms with Gasteiger partial charge < -0.3 is 19.7 Å². The second kappa shape index (κ2) is 10.3. The minimum Gasteiger partial charge on any atom is -0.507 e. The van der Waals surface area contributed by atoms with Crippen LogP contribution in [0.2, 0.25) is 0 Å². The lowest BCUT2D eigenvalue weighted by Gasteiger charge is -2.04. The largest absolute Gasteiger partial charge is 0.507 e. The molecule has 0 saturated heterocycles. The Morgan fingerprint density at radius 3 is 1.58 bits per heavy atom. The summed E-state index contributed by atoms with van der Waals surface area (Å²) in [6.07, 6.45) is 6.52. The monoisotopic (exact) mass is 448 g/mol. The van der Waals surface area contributed by atoms with E-state index >= 15 is 0 Å². The number of phenolic OH excluding ortho intramolecular Hbond substituents is 2. The van der Waals surface area contributed by atoms with Crippen molar-refractivity contribution in [2.75, 3.05) is 14.2 Å². The molecule has 0 heterocycles. The topological polar surface area (TPSA) is 93.1 Å². The molecule has 7 heteroatoms. The van der Waals surface area contributed by atoms with Crippen LogP contribution in [0.15, 0.2) is 54.6 Å². The Bertz CT molecular complexity index is 1260. The van der Waals surface area contributed by atoms with Crippen LogP contribution in [0, 0.1) is 5.82 Å². The van der Waals surface area contributed by atoms with Crippen molar-refractivity contribution in [3.8, 4) is 11.5 Å². The molecule has 0 saturated carbocycles. The van der Waals surface area contributed by atoms with Crippen LogP contribution in [-0.4, -0.2) is 36.4 Å². The molecule has 0 atom stereocenters. The molecule has 3 aromatic rings. The van der Waals surface area contributed by atoms with E-state index in [1.54, 1.807) is 48.6 Å². The lowest BCUT2D eigenvalue weighted by Crippen LogP contribution is -2.01. The molecule has 0 fully saturated rings. The molecule has 0 radical (unpaired) electrons. The van der Waals surface area contributed by atoms with Gasteiger partial charge in [-0.1, -0.05) is 48.6 Å². The highest BCUT2D eigenvalue weighted by molar-refractivity contribution is 5.94. The normalized spacial score (nSPS) is 11.1. The van der Waals surface area contributed by atoms with E-state index in [-0.39, 0.29) is 22.6 Å². The summed E-state index contributed by atoms with van der Waals surface area (Å²) < 4.78 is 23.8. The third kappa shape index (κ3) is 5.65. The first-order valence-corrected chi connectivity index (χ1v) is 9.80. The number of phenols is 2. The molecule has 168 valence electrons. The Kier molecular flexibility index (Phi) is 7.25. The molecule has 6 nitrogen and oxygen atoms in total. The van der Waals surface area contributed by atoms with Crippen molar-refractivity contribution >= 4 is 36.2 Å². The summed E-state index contributed by atoms with van der Waals surface area (Å²) >= 11 is 0. The number of rotatable bonds is 6.